The van der Waals surface area contributed by atoms with Crippen LogP contribution in [0.4, 0.5) is 5.69 Å². The molecule has 0 radical (unpaired) electrons. The molecule has 132 valence electrons. The van der Waals surface area contributed by atoms with E-state index in [-0.39, 0.29) is 16.6 Å². The van der Waals surface area contributed by atoms with Gasteiger partial charge in [0.2, 0.25) is 10.0 Å². The van der Waals surface area contributed by atoms with Crippen molar-refractivity contribution in [3.05, 3.63) is 36.0 Å². The molecule has 0 saturated heterocycles. The standard InChI is InChI=1S/C15H20N2O6S/c1-10(2)17-24(20,21)12-7-5-6-11(8-12)16-13(15(19)23-4)9-14(18)22-3/h5-10,16-17H,1-4H3/b13-9+. The summed E-state index contributed by atoms with van der Waals surface area (Å²) in [5, 5.41) is 2.65. The van der Waals surface area contributed by atoms with E-state index in [2.05, 4.69) is 19.5 Å². The van der Waals surface area contributed by atoms with Gasteiger partial charge in [-0.1, -0.05) is 6.07 Å². The predicted octanol–water partition coefficient (Wildman–Crippen LogP) is 1.02. The highest BCUT2D eigenvalue weighted by atomic mass is 32.2. The maximum atomic E-state index is 12.2. The molecule has 0 aromatic heterocycles. The van der Waals surface area contributed by atoms with Gasteiger partial charge in [0.1, 0.15) is 5.70 Å². The number of rotatable bonds is 7. The molecule has 0 aliphatic carbocycles. The third kappa shape index (κ3) is 5.67. The van der Waals surface area contributed by atoms with Crippen LogP contribution < -0.4 is 10.0 Å². The van der Waals surface area contributed by atoms with Gasteiger partial charge in [-0.3, -0.25) is 0 Å². The van der Waals surface area contributed by atoms with E-state index in [1.165, 1.54) is 25.3 Å². The van der Waals surface area contributed by atoms with E-state index in [1.807, 2.05) is 0 Å². The van der Waals surface area contributed by atoms with Crippen molar-refractivity contribution in [2.24, 2.45) is 0 Å². The van der Waals surface area contributed by atoms with E-state index in [0.29, 0.717) is 5.69 Å². The number of esters is 2. The average Bonchev–Trinajstić information content (AvgIpc) is 2.52. The SMILES string of the molecule is COC(=O)/C=C(/Nc1cccc(S(=O)(=O)NC(C)C)c1)C(=O)OC. The molecule has 1 rings (SSSR count). The van der Waals surface area contributed by atoms with Gasteiger partial charge in [0.15, 0.2) is 0 Å². The fourth-order valence-electron chi connectivity index (χ4n) is 1.71. The summed E-state index contributed by atoms with van der Waals surface area (Å²) in [7, 11) is -1.37. The predicted molar refractivity (Wildman–Crippen MR) is 87.6 cm³/mol. The smallest absolute Gasteiger partial charge is 0.354 e. The molecule has 0 atom stereocenters. The maximum Gasteiger partial charge on any atom is 0.354 e. The largest absolute Gasteiger partial charge is 0.466 e. The fourth-order valence-corrected chi connectivity index (χ4v) is 3.00. The Kier molecular flexibility index (Phi) is 6.93. The molecule has 0 aliphatic heterocycles. The zero-order chi connectivity index (χ0) is 18.3. The molecule has 0 spiro atoms. The molecule has 0 heterocycles. The molecular weight excluding hydrogens is 336 g/mol. The van der Waals surface area contributed by atoms with Crippen molar-refractivity contribution in [3.8, 4) is 0 Å². The number of anilines is 1. The van der Waals surface area contributed by atoms with Gasteiger partial charge in [-0.2, -0.15) is 0 Å². The van der Waals surface area contributed by atoms with Gasteiger partial charge < -0.3 is 14.8 Å². The van der Waals surface area contributed by atoms with Crippen LogP contribution >= 0.6 is 0 Å². The minimum atomic E-state index is -3.69. The van der Waals surface area contributed by atoms with Crippen LogP contribution in [0.5, 0.6) is 0 Å². The zero-order valence-electron chi connectivity index (χ0n) is 13.8. The molecule has 0 unspecified atom stereocenters. The summed E-state index contributed by atoms with van der Waals surface area (Å²) in [6.07, 6.45) is 0.916. The molecule has 1 aromatic carbocycles. The minimum absolute atomic E-state index is 0.0171. The van der Waals surface area contributed by atoms with Crippen molar-refractivity contribution < 1.29 is 27.5 Å². The van der Waals surface area contributed by atoms with Crippen molar-refractivity contribution in [2.45, 2.75) is 24.8 Å². The number of benzene rings is 1. The van der Waals surface area contributed by atoms with Gasteiger partial charge in [-0.25, -0.2) is 22.7 Å². The Bertz CT molecular complexity index is 740. The Hall–Kier alpha value is -2.39. The van der Waals surface area contributed by atoms with Crippen LogP contribution in [0.1, 0.15) is 13.8 Å². The number of carbonyl (C=O) groups is 2. The molecule has 0 bridgehead atoms. The first-order valence-electron chi connectivity index (χ1n) is 6.97. The number of hydrogen-bond acceptors (Lipinski definition) is 7. The van der Waals surface area contributed by atoms with Gasteiger partial charge in [-0.15, -0.1) is 0 Å². The van der Waals surface area contributed by atoms with Crippen LogP contribution in [0.2, 0.25) is 0 Å². The van der Waals surface area contributed by atoms with Crippen LogP contribution in [-0.2, 0) is 29.1 Å². The van der Waals surface area contributed by atoms with Crippen molar-refractivity contribution in [1.82, 2.24) is 4.72 Å². The number of methoxy groups -OCH3 is 2. The van der Waals surface area contributed by atoms with E-state index in [1.54, 1.807) is 19.9 Å². The Labute approximate surface area is 140 Å². The second-order valence-corrected chi connectivity index (χ2v) is 6.72. The average molecular weight is 356 g/mol. The van der Waals surface area contributed by atoms with Crippen LogP contribution in [0.15, 0.2) is 40.9 Å². The third-order valence-corrected chi connectivity index (χ3v) is 4.34. The second-order valence-electron chi connectivity index (χ2n) is 5.00. The summed E-state index contributed by atoms with van der Waals surface area (Å²) in [5.74, 6) is -1.55. The third-order valence-electron chi connectivity index (χ3n) is 2.68. The van der Waals surface area contributed by atoms with Crippen molar-refractivity contribution in [1.29, 1.82) is 0 Å². The summed E-state index contributed by atoms with van der Waals surface area (Å²) < 4.78 is 35.8. The monoisotopic (exact) mass is 356 g/mol. The number of nitrogens with one attached hydrogen (secondary N) is 2. The van der Waals surface area contributed by atoms with Crippen molar-refractivity contribution in [2.75, 3.05) is 19.5 Å². The Morgan fingerprint density at radius 2 is 1.83 bits per heavy atom. The summed E-state index contributed by atoms with van der Waals surface area (Å²) in [6, 6.07) is 5.53. The molecule has 0 amide bonds. The highest BCUT2D eigenvalue weighted by molar-refractivity contribution is 7.89. The van der Waals surface area contributed by atoms with Crippen LogP contribution in [0.25, 0.3) is 0 Å². The molecule has 0 saturated carbocycles. The topological polar surface area (TPSA) is 111 Å². The van der Waals surface area contributed by atoms with E-state index < -0.39 is 22.0 Å². The van der Waals surface area contributed by atoms with Gasteiger partial charge in [0, 0.05) is 11.7 Å². The summed E-state index contributed by atoms with van der Waals surface area (Å²) in [4.78, 5) is 23.0. The molecule has 0 aliphatic rings. The van der Waals surface area contributed by atoms with Crippen molar-refractivity contribution in [3.63, 3.8) is 0 Å². The lowest BCUT2D eigenvalue weighted by molar-refractivity contribution is -0.138. The fraction of sp³-hybridized carbons (Fsp3) is 0.333. The Morgan fingerprint density at radius 3 is 2.38 bits per heavy atom. The van der Waals surface area contributed by atoms with E-state index in [4.69, 9.17) is 0 Å². The molecule has 0 fully saturated rings. The summed E-state index contributed by atoms with van der Waals surface area (Å²) in [6.45, 7) is 3.40. The van der Waals surface area contributed by atoms with Gasteiger partial charge in [0.05, 0.1) is 25.2 Å². The minimum Gasteiger partial charge on any atom is -0.466 e. The number of carbonyl (C=O) groups excluding carboxylic acids is 2. The first kappa shape index (κ1) is 19.7. The first-order valence-corrected chi connectivity index (χ1v) is 8.45. The quantitative estimate of drug-likeness (QED) is 0.554. The zero-order valence-corrected chi connectivity index (χ0v) is 14.6. The normalized spacial score (nSPS) is 12.0. The lowest BCUT2D eigenvalue weighted by Crippen LogP contribution is -2.30. The van der Waals surface area contributed by atoms with Crippen LogP contribution in [-0.4, -0.2) is 40.6 Å². The number of hydrogen-bond donors (Lipinski definition) is 2. The maximum absolute atomic E-state index is 12.2. The van der Waals surface area contributed by atoms with Gasteiger partial charge in [-0.05, 0) is 32.0 Å². The van der Waals surface area contributed by atoms with Crippen LogP contribution in [0.3, 0.4) is 0 Å². The van der Waals surface area contributed by atoms with E-state index in [0.717, 1.165) is 13.2 Å². The first-order chi connectivity index (χ1) is 11.2. The Morgan fingerprint density at radius 1 is 1.17 bits per heavy atom. The van der Waals surface area contributed by atoms with E-state index in [9.17, 15) is 18.0 Å². The van der Waals surface area contributed by atoms with E-state index >= 15 is 0 Å². The molecule has 8 nitrogen and oxygen atoms in total. The lowest BCUT2D eigenvalue weighted by atomic mass is 10.3. The molecule has 1 aromatic rings. The van der Waals surface area contributed by atoms with Gasteiger partial charge in [0.25, 0.3) is 0 Å². The number of sulfonamides is 1. The van der Waals surface area contributed by atoms with Gasteiger partial charge >= 0.3 is 11.9 Å². The Balaban J connectivity index is 3.14. The molecular formula is C15H20N2O6S. The summed E-state index contributed by atoms with van der Waals surface area (Å²) >= 11 is 0. The molecule has 9 heteroatoms. The number of ether oxygens (including phenoxy) is 2. The van der Waals surface area contributed by atoms with Crippen molar-refractivity contribution >= 4 is 27.6 Å². The lowest BCUT2D eigenvalue weighted by Gasteiger charge is -2.12. The highest BCUT2D eigenvalue weighted by Gasteiger charge is 2.17. The summed E-state index contributed by atoms with van der Waals surface area (Å²) in [5.41, 5.74) is 0.109. The molecule has 24 heavy (non-hydrogen) atoms. The highest BCUT2D eigenvalue weighted by Crippen LogP contribution is 2.17. The second kappa shape index (κ2) is 8.46. The van der Waals surface area contributed by atoms with Crippen LogP contribution in [0, 0.1) is 0 Å². The molecule has 2 N–H and O–H groups in total.